The molecule has 0 saturated heterocycles. The second-order valence-corrected chi connectivity index (χ2v) is 6.07. The van der Waals surface area contributed by atoms with Crippen LogP contribution in [0, 0.1) is 0 Å². The number of aliphatic carboxylic acids is 1. The Morgan fingerprint density at radius 1 is 1.12 bits per heavy atom. The zero-order valence-electron chi connectivity index (χ0n) is 12.7. The molecule has 5 nitrogen and oxygen atoms in total. The van der Waals surface area contributed by atoms with Gasteiger partial charge in [0.2, 0.25) is 5.91 Å². The lowest BCUT2D eigenvalue weighted by Crippen LogP contribution is -2.92. The van der Waals surface area contributed by atoms with Crippen LogP contribution in [-0.4, -0.2) is 17.9 Å². The third-order valence-electron chi connectivity index (χ3n) is 3.39. The lowest BCUT2D eigenvalue weighted by atomic mass is 10.1. The topological polar surface area (TPSA) is 85.8 Å². The third-order valence-corrected chi connectivity index (χ3v) is 3.96. The molecular weight excluding hydrogens is 351 g/mol. The molecule has 0 aliphatic heterocycles. The van der Waals surface area contributed by atoms with Gasteiger partial charge in [-0.3, -0.25) is 4.79 Å². The summed E-state index contributed by atoms with van der Waals surface area (Å²) in [6.45, 7) is 0.435. The van der Waals surface area contributed by atoms with Crippen LogP contribution in [0.5, 0.6) is 0 Å². The first kappa shape index (κ1) is 18.3. The van der Waals surface area contributed by atoms with Gasteiger partial charge in [-0.25, -0.2) is 0 Å². The zero-order valence-corrected chi connectivity index (χ0v) is 14.2. The third kappa shape index (κ3) is 5.53. The molecule has 0 bridgehead atoms. The van der Waals surface area contributed by atoms with Crippen LogP contribution in [0.2, 0.25) is 10.0 Å². The Bertz CT molecular complexity index is 723. The van der Waals surface area contributed by atoms with Gasteiger partial charge in [-0.1, -0.05) is 53.5 Å². The molecule has 0 aliphatic carbocycles. The largest absolute Gasteiger partial charge is 0.544 e. The van der Waals surface area contributed by atoms with E-state index in [-0.39, 0.29) is 6.42 Å². The highest BCUT2D eigenvalue weighted by molar-refractivity contribution is 6.35. The number of nitrogens with one attached hydrogen (secondary N) is 1. The molecule has 2 aromatic rings. The Kier molecular flexibility index (Phi) is 6.61. The first-order valence-electron chi connectivity index (χ1n) is 7.28. The molecule has 2 rings (SSSR count). The van der Waals surface area contributed by atoms with Crippen molar-refractivity contribution >= 4 is 40.8 Å². The Labute approximate surface area is 149 Å². The number of halogens is 2. The number of carboxylic acids is 1. The minimum Gasteiger partial charge on any atom is -0.544 e. The van der Waals surface area contributed by atoms with E-state index in [2.05, 4.69) is 5.32 Å². The fourth-order valence-corrected chi connectivity index (χ4v) is 2.49. The van der Waals surface area contributed by atoms with Crippen molar-refractivity contribution in [3.05, 3.63) is 64.1 Å². The van der Waals surface area contributed by atoms with E-state index >= 15 is 0 Å². The van der Waals surface area contributed by atoms with Crippen LogP contribution >= 0.6 is 23.2 Å². The van der Waals surface area contributed by atoms with Crippen molar-refractivity contribution < 1.29 is 20.0 Å². The van der Waals surface area contributed by atoms with Gasteiger partial charge in [0.25, 0.3) is 0 Å². The monoisotopic (exact) mass is 366 g/mol. The summed E-state index contributed by atoms with van der Waals surface area (Å²) in [7, 11) is 0. The number of rotatable bonds is 7. The van der Waals surface area contributed by atoms with Gasteiger partial charge in [-0.05, 0) is 18.2 Å². The number of benzene rings is 2. The van der Waals surface area contributed by atoms with Crippen LogP contribution < -0.4 is 15.7 Å². The summed E-state index contributed by atoms with van der Waals surface area (Å²) in [4.78, 5) is 23.3. The van der Waals surface area contributed by atoms with Gasteiger partial charge in [0.1, 0.15) is 12.6 Å². The predicted octanol–water partition coefficient (Wildman–Crippen LogP) is 1.20. The van der Waals surface area contributed by atoms with Gasteiger partial charge in [0.05, 0.1) is 23.1 Å². The molecule has 0 heterocycles. The number of anilines is 1. The fourth-order valence-electron chi connectivity index (χ4n) is 2.15. The van der Waals surface area contributed by atoms with Crippen molar-refractivity contribution in [1.29, 1.82) is 0 Å². The molecule has 24 heavy (non-hydrogen) atoms. The zero-order chi connectivity index (χ0) is 17.5. The number of carboxylic acid groups (broad SMARTS) is 1. The first-order chi connectivity index (χ1) is 11.5. The number of carbonyl (C=O) groups is 2. The summed E-state index contributed by atoms with van der Waals surface area (Å²) in [6, 6.07) is 13.0. The van der Waals surface area contributed by atoms with Crippen molar-refractivity contribution in [2.24, 2.45) is 0 Å². The molecule has 0 aromatic heterocycles. The molecule has 0 unspecified atom stereocenters. The maximum atomic E-state index is 12.1. The first-order valence-corrected chi connectivity index (χ1v) is 8.04. The highest BCUT2D eigenvalue weighted by Crippen LogP contribution is 2.25. The van der Waals surface area contributed by atoms with E-state index in [0.29, 0.717) is 22.3 Å². The van der Waals surface area contributed by atoms with E-state index < -0.39 is 17.9 Å². The Balaban J connectivity index is 1.95. The van der Waals surface area contributed by atoms with Gasteiger partial charge in [0, 0.05) is 10.6 Å². The van der Waals surface area contributed by atoms with E-state index in [1.165, 1.54) is 6.07 Å². The Morgan fingerprint density at radius 2 is 1.83 bits per heavy atom. The number of hydrogen-bond acceptors (Lipinski definition) is 3. The lowest BCUT2D eigenvalue weighted by Gasteiger charge is -2.16. The maximum Gasteiger partial charge on any atom is 0.230 e. The molecule has 1 amide bonds. The number of hydrogen-bond donors (Lipinski definition) is 2. The molecule has 0 radical (unpaired) electrons. The maximum absolute atomic E-state index is 12.1. The molecule has 1 atom stereocenters. The fraction of sp³-hybridized carbons (Fsp3) is 0.176. The van der Waals surface area contributed by atoms with Gasteiger partial charge in [-0.15, -0.1) is 0 Å². The highest BCUT2D eigenvalue weighted by atomic mass is 35.5. The number of quaternary nitrogens is 1. The molecular formula is C17H16Cl2N2O3. The van der Waals surface area contributed by atoms with Gasteiger partial charge in [0.15, 0.2) is 0 Å². The summed E-state index contributed by atoms with van der Waals surface area (Å²) < 4.78 is 0. The smallest absolute Gasteiger partial charge is 0.230 e. The second kappa shape index (κ2) is 8.68. The SMILES string of the molecule is O=C(C[C@H]([NH2+]Cc1ccccc1)C(=O)[O-])Nc1cc(Cl)ccc1Cl. The van der Waals surface area contributed by atoms with Crippen LogP contribution in [0.3, 0.4) is 0 Å². The van der Waals surface area contributed by atoms with Crippen molar-refractivity contribution in [2.75, 3.05) is 5.32 Å². The van der Waals surface area contributed by atoms with E-state index in [4.69, 9.17) is 23.2 Å². The van der Waals surface area contributed by atoms with Gasteiger partial charge in [-0.2, -0.15) is 0 Å². The minimum absolute atomic E-state index is 0.238. The molecule has 0 saturated carbocycles. The summed E-state index contributed by atoms with van der Waals surface area (Å²) in [6.07, 6.45) is -0.238. The average molecular weight is 367 g/mol. The normalized spacial score (nSPS) is 11.8. The number of amides is 1. The molecule has 0 spiro atoms. The Morgan fingerprint density at radius 3 is 2.50 bits per heavy atom. The minimum atomic E-state index is -1.29. The molecule has 0 fully saturated rings. The molecule has 0 aliphatic rings. The van der Waals surface area contributed by atoms with Gasteiger partial charge >= 0.3 is 0 Å². The number of carbonyl (C=O) groups excluding carboxylic acids is 2. The van der Waals surface area contributed by atoms with Crippen molar-refractivity contribution in [1.82, 2.24) is 0 Å². The second-order valence-electron chi connectivity index (χ2n) is 5.23. The highest BCUT2D eigenvalue weighted by Gasteiger charge is 2.19. The summed E-state index contributed by atoms with van der Waals surface area (Å²) in [5.41, 5.74) is 1.30. The summed E-state index contributed by atoms with van der Waals surface area (Å²) in [5, 5.41) is 16.1. The van der Waals surface area contributed by atoms with Crippen LogP contribution in [0.25, 0.3) is 0 Å². The van der Waals surface area contributed by atoms with Crippen LogP contribution in [0.1, 0.15) is 12.0 Å². The van der Waals surface area contributed by atoms with E-state index in [9.17, 15) is 14.7 Å². The van der Waals surface area contributed by atoms with Crippen LogP contribution in [0.15, 0.2) is 48.5 Å². The van der Waals surface area contributed by atoms with E-state index in [0.717, 1.165) is 5.56 Å². The van der Waals surface area contributed by atoms with Crippen LogP contribution in [-0.2, 0) is 16.1 Å². The predicted molar refractivity (Wildman–Crippen MR) is 90.6 cm³/mol. The summed E-state index contributed by atoms with van der Waals surface area (Å²) in [5.74, 6) is -1.77. The summed E-state index contributed by atoms with van der Waals surface area (Å²) >= 11 is 11.8. The van der Waals surface area contributed by atoms with Crippen molar-refractivity contribution in [2.45, 2.75) is 19.0 Å². The molecule has 7 heteroatoms. The number of nitrogens with two attached hydrogens (primary N) is 1. The molecule has 2 aromatic carbocycles. The van der Waals surface area contributed by atoms with Crippen LogP contribution in [0.4, 0.5) is 5.69 Å². The molecule has 126 valence electrons. The lowest BCUT2D eigenvalue weighted by molar-refractivity contribution is -0.697. The van der Waals surface area contributed by atoms with Crippen molar-refractivity contribution in [3.8, 4) is 0 Å². The van der Waals surface area contributed by atoms with Crippen molar-refractivity contribution in [3.63, 3.8) is 0 Å². The van der Waals surface area contributed by atoms with E-state index in [1.54, 1.807) is 17.4 Å². The molecule has 3 N–H and O–H groups in total. The Hall–Kier alpha value is -2.08. The quantitative estimate of drug-likeness (QED) is 0.771. The standard InChI is InChI=1S/C17H16Cl2N2O3/c18-12-6-7-13(19)14(8-12)21-16(22)9-15(17(23)24)20-10-11-4-2-1-3-5-11/h1-8,15,20H,9-10H2,(H,21,22)(H,23,24)/t15-/m0/s1. The van der Waals surface area contributed by atoms with E-state index in [1.807, 2.05) is 30.3 Å². The van der Waals surface area contributed by atoms with Gasteiger partial charge < -0.3 is 20.5 Å². The average Bonchev–Trinajstić information content (AvgIpc) is 2.55.